The van der Waals surface area contributed by atoms with Crippen molar-refractivity contribution in [1.29, 1.82) is 5.53 Å². The van der Waals surface area contributed by atoms with Gasteiger partial charge >= 0.3 is 0 Å². The smallest absolute Gasteiger partial charge is 0.243 e. The average Bonchev–Trinajstić information content (AvgIpc) is 3.44. The second kappa shape index (κ2) is 14.2. The van der Waals surface area contributed by atoms with Crippen molar-refractivity contribution in [2.75, 3.05) is 18.9 Å². The van der Waals surface area contributed by atoms with Crippen molar-refractivity contribution in [2.45, 2.75) is 57.8 Å². The number of hydrogen-bond donors (Lipinski definition) is 3. The van der Waals surface area contributed by atoms with Crippen LogP contribution in [0.5, 0.6) is 0 Å². The molecule has 10 nitrogen and oxygen atoms in total. The van der Waals surface area contributed by atoms with Gasteiger partial charge in [-0.25, -0.2) is 5.53 Å². The molecule has 0 spiro atoms. The Balaban J connectivity index is 1.48. The van der Waals surface area contributed by atoms with Crippen LogP contribution in [0, 0.1) is 5.53 Å². The number of carbonyl (C=O) groups excluding carboxylic acids is 3. The van der Waals surface area contributed by atoms with Gasteiger partial charge in [-0.15, -0.1) is 0 Å². The van der Waals surface area contributed by atoms with Crippen molar-refractivity contribution in [1.82, 2.24) is 20.1 Å². The van der Waals surface area contributed by atoms with Crippen molar-refractivity contribution >= 4 is 29.1 Å². The van der Waals surface area contributed by atoms with Crippen LogP contribution in [-0.4, -0.2) is 58.2 Å². The Bertz CT molecular complexity index is 1350. The SMILES string of the molecule is CNc1ccc(CNC(=O)C2CC(N(Cc3cccnc3)C(C)=O)CN2C(=O)CCCc2ccccc2)cc1N=N. The lowest BCUT2D eigenvalue weighted by Crippen LogP contribution is -2.45. The summed E-state index contributed by atoms with van der Waals surface area (Å²) < 4.78 is 0. The number of anilines is 1. The van der Waals surface area contributed by atoms with Crippen LogP contribution in [0.4, 0.5) is 11.4 Å². The second-order valence-electron chi connectivity index (χ2n) is 10.2. The van der Waals surface area contributed by atoms with Gasteiger partial charge in [0.25, 0.3) is 0 Å². The van der Waals surface area contributed by atoms with Crippen LogP contribution >= 0.6 is 0 Å². The van der Waals surface area contributed by atoms with E-state index in [1.807, 2.05) is 54.6 Å². The van der Waals surface area contributed by atoms with E-state index in [2.05, 4.69) is 20.7 Å². The van der Waals surface area contributed by atoms with Gasteiger partial charge in [0.2, 0.25) is 17.7 Å². The predicted octanol–water partition coefficient (Wildman–Crippen LogP) is 4.44. The average molecular weight is 556 g/mol. The highest BCUT2D eigenvalue weighted by Crippen LogP contribution is 2.27. The number of amides is 3. The van der Waals surface area contributed by atoms with Gasteiger partial charge in [0.1, 0.15) is 11.7 Å². The molecule has 0 aliphatic carbocycles. The predicted molar refractivity (Wildman–Crippen MR) is 156 cm³/mol. The number of rotatable bonds is 12. The fraction of sp³-hybridized carbons (Fsp3) is 0.355. The van der Waals surface area contributed by atoms with Gasteiger partial charge in [0.05, 0.1) is 11.7 Å². The summed E-state index contributed by atoms with van der Waals surface area (Å²) in [7, 11) is 1.76. The first-order chi connectivity index (χ1) is 19.9. The van der Waals surface area contributed by atoms with E-state index in [1.165, 1.54) is 6.92 Å². The van der Waals surface area contributed by atoms with E-state index in [0.29, 0.717) is 38.0 Å². The van der Waals surface area contributed by atoms with Crippen molar-refractivity contribution in [3.63, 3.8) is 0 Å². The Kier molecular flexibility index (Phi) is 10.1. The molecule has 214 valence electrons. The zero-order valence-electron chi connectivity index (χ0n) is 23.5. The van der Waals surface area contributed by atoms with Gasteiger partial charge in [0.15, 0.2) is 0 Å². The molecule has 0 bridgehead atoms. The molecule has 1 aliphatic heterocycles. The molecule has 4 rings (SSSR count). The number of aryl methyl sites for hydroxylation is 1. The van der Waals surface area contributed by atoms with Gasteiger partial charge in [-0.1, -0.05) is 42.5 Å². The van der Waals surface area contributed by atoms with Crippen molar-refractivity contribution in [3.8, 4) is 0 Å². The number of pyridine rings is 1. The molecule has 2 heterocycles. The quantitative estimate of drug-likeness (QED) is 0.284. The van der Waals surface area contributed by atoms with Crippen LogP contribution in [0.2, 0.25) is 0 Å². The molecule has 1 aliphatic rings. The molecule has 2 aromatic carbocycles. The monoisotopic (exact) mass is 555 g/mol. The maximum atomic E-state index is 13.5. The second-order valence-corrected chi connectivity index (χ2v) is 10.2. The van der Waals surface area contributed by atoms with Crippen LogP contribution in [0.3, 0.4) is 0 Å². The third-order valence-electron chi connectivity index (χ3n) is 7.44. The van der Waals surface area contributed by atoms with Gasteiger partial charge in [0, 0.05) is 52.4 Å². The Morgan fingerprint density at radius 3 is 2.54 bits per heavy atom. The van der Waals surface area contributed by atoms with E-state index in [-0.39, 0.29) is 30.3 Å². The van der Waals surface area contributed by atoms with Gasteiger partial charge in [-0.05, 0) is 54.2 Å². The molecule has 3 N–H and O–H groups in total. The van der Waals surface area contributed by atoms with E-state index < -0.39 is 6.04 Å². The number of hydrogen-bond acceptors (Lipinski definition) is 7. The lowest BCUT2D eigenvalue weighted by atomic mass is 10.1. The van der Waals surface area contributed by atoms with E-state index >= 15 is 0 Å². The van der Waals surface area contributed by atoms with E-state index in [0.717, 1.165) is 28.8 Å². The molecule has 0 radical (unpaired) electrons. The summed E-state index contributed by atoms with van der Waals surface area (Å²) in [4.78, 5) is 47.2. The van der Waals surface area contributed by atoms with Crippen LogP contribution in [0.25, 0.3) is 0 Å². The summed E-state index contributed by atoms with van der Waals surface area (Å²) >= 11 is 0. The normalized spacial score (nSPS) is 16.2. The molecule has 1 fully saturated rings. The van der Waals surface area contributed by atoms with Crippen molar-refractivity contribution < 1.29 is 14.4 Å². The molecule has 0 saturated carbocycles. The van der Waals surface area contributed by atoms with E-state index in [4.69, 9.17) is 5.53 Å². The molecule has 1 saturated heterocycles. The minimum absolute atomic E-state index is 0.0953. The summed E-state index contributed by atoms with van der Waals surface area (Å²) in [5.41, 5.74) is 11.5. The molecule has 3 amide bonds. The number of aromatic nitrogens is 1. The summed E-state index contributed by atoms with van der Waals surface area (Å²) in [6, 6.07) is 18.2. The summed E-state index contributed by atoms with van der Waals surface area (Å²) in [5.74, 6) is -0.481. The molecule has 41 heavy (non-hydrogen) atoms. The van der Waals surface area contributed by atoms with E-state index in [9.17, 15) is 14.4 Å². The highest BCUT2D eigenvalue weighted by atomic mass is 16.2. The molecular formula is C31H37N7O3. The van der Waals surface area contributed by atoms with Gasteiger partial charge in [-0.2, -0.15) is 5.11 Å². The van der Waals surface area contributed by atoms with Gasteiger partial charge in [-0.3, -0.25) is 19.4 Å². The fourth-order valence-electron chi connectivity index (χ4n) is 5.28. The maximum absolute atomic E-state index is 13.5. The maximum Gasteiger partial charge on any atom is 0.243 e. The lowest BCUT2D eigenvalue weighted by molar-refractivity contribution is -0.138. The summed E-state index contributed by atoms with van der Waals surface area (Å²) in [6.45, 7) is 2.39. The Labute approximate surface area is 240 Å². The Morgan fingerprint density at radius 1 is 1.07 bits per heavy atom. The lowest BCUT2D eigenvalue weighted by Gasteiger charge is -2.28. The number of likely N-dealkylation sites (tertiary alicyclic amines) is 1. The molecule has 2 unspecified atom stereocenters. The number of benzene rings is 2. The molecule has 1 aromatic heterocycles. The first-order valence-corrected chi connectivity index (χ1v) is 13.8. The topological polar surface area (TPSA) is 131 Å². The Morgan fingerprint density at radius 2 is 1.85 bits per heavy atom. The fourth-order valence-corrected chi connectivity index (χ4v) is 5.28. The molecule has 10 heteroatoms. The molecular weight excluding hydrogens is 518 g/mol. The van der Waals surface area contributed by atoms with E-state index in [1.54, 1.807) is 35.3 Å². The minimum atomic E-state index is -0.697. The van der Waals surface area contributed by atoms with Gasteiger partial charge < -0.3 is 20.4 Å². The van der Waals surface area contributed by atoms with Crippen LogP contribution in [-0.2, 0) is 33.9 Å². The summed E-state index contributed by atoms with van der Waals surface area (Å²) in [6.07, 6.45) is 5.50. The Hall–Kier alpha value is -4.60. The third kappa shape index (κ3) is 7.75. The first-order valence-electron chi connectivity index (χ1n) is 13.8. The molecule has 3 aromatic rings. The largest absolute Gasteiger partial charge is 0.386 e. The number of nitrogens with zero attached hydrogens (tertiary/aromatic N) is 4. The minimum Gasteiger partial charge on any atom is -0.386 e. The highest BCUT2D eigenvalue weighted by molar-refractivity contribution is 5.88. The zero-order chi connectivity index (χ0) is 29.2. The highest BCUT2D eigenvalue weighted by Gasteiger charge is 2.42. The van der Waals surface area contributed by atoms with Crippen molar-refractivity contribution in [2.24, 2.45) is 5.11 Å². The van der Waals surface area contributed by atoms with Crippen LogP contribution in [0.15, 0.2) is 78.2 Å². The number of carbonyl (C=O) groups is 3. The van der Waals surface area contributed by atoms with Crippen molar-refractivity contribution in [3.05, 3.63) is 89.7 Å². The van der Waals surface area contributed by atoms with Crippen LogP contribution in [0.1, 0.15) is 42.9 Å². The standard InChI is InChI=1S/C31H37N7O3/c1-22(39)37(20-25-11-7-15-34-18-25)26-17-29(31(41)35-19-24-13-14-27(33-2)28(16-24)36-32)38(21-26)30(40)12-6-10-23-8-4-3-5-9-23/h3-5,7-9,11,13-16,18,26,29,32-33H,6,10,12,17,19-21H2,1-2H3,(H,35,41). The third-order valence-corrected chi connectivity index (χ3v) is 7.44. The summed E-state index contributed by atoms with van der Waals surface area (Å²) in [5, 5.41) is 9.51. The number of nitrogens with one attached hydrogen (secondary N) is 3. The van der Waals surface area contributed by atoms with Crippen LogP contribution < -0.4 is 10.6 Å². The molecule has 2 atom stereocenters. The first kappa shape index (κ1) is 29.4. The zero-order valence-corrected chi connectivity index (χ0v) is 23.5.